The lowest BCUT2D eigenvalue weighted by Crippen LogP contribution is -2.55. The molecular weight excluding hydrogens is 430 g/mol. The smallest absolute Gasteiger partial charge is 0.278 e. The van der Waals surface area contributed by atoms with Crippen molar-refractivity contribution < 1.29 is 14.6 Å². The Labute approximate surface area is 189 Å². The molecule has 0 fully saturated rings. The third-order valence-electron chi connectivity index (χ3n) is 5.64. The first kappa shape index (κ1) is 20.2. The van der Waals surface area contributed by atoms with Crippen LogP contribution >= 0.6 is 11.6 Å². The molecule has 1 unspecified atom stereocenters. The molecule has 7 nitrogen and oxygen atoms in total. The lowest BCUT2D eigenvalue weighted by atomic mass is 9.97. The van der Waals surface area contributed by atoms with E-state index in [0.717, 1.165) is 11.1 Å². The molecule has 3 aromatic rings. The minimum atomic E-state index is -0.603. The maximum absolute atomic E-state index is 13.2. The average molecular weight is 450 g/mol. The summed E-state index contributed by atoms with van der Waals surface area (Å²) in [7, 11) is 0. The standard InChI is InChI=1S/C24H20ClN3O4/c25-17-8-9-20-18(14-17)21(16-6-2-1-3-7-16)28-15-26(11-4-5-13-32-20)24(31)22-23(30)19(29)10-12-27(22)28/h1-10,12,14,21,30H,11,13,15H2/b5-4-. The molecular formula is C24H20ClN3O4. The molecule has 1 amide bonds. The molecule has 1 atom stereocenters. The van der Waals surface area contributed by atoms with Gasteiger partial charge in [0.2, 0.25) is 5.43 Å². The largest absolute Gasteiger partial charge is 0.502 e. The Morgan fingerprint density at radius 2 is 1.84 bits per heavy atom. The van der Waals surface area contributed by atoms with E-state index in [1.807, 2.05) is 59.6 Å². The van der Waals surface area contributed by atoms with Crippen LogP contribution in [0.25, 0.3) is 0 Å². The van der Waals surface area contributed by atoms with E-state index in [0.29, 0.717) is 23.9 Å². The Morgan fingerprint density at radius 1 is 1.03 bits per heavy atom. The summed E-state index contributed by atoms with van der Waals surface area (Å²) in [6.45, 7) is 0.859. The van der Waals surface area contributed by atoms with Crippen LogP contribution in [0.15, 0.2) is 77.7 Å². The first-order valence-corrected chi connectivity index (χ1v) is 10.6. The van der Waals surface area contributed by atoms with Gasteiger partial charge in [-0.25, -0.2) is 0 Å². The second kappa shape index (κ2) is 8.09. The summed E-state index contributed by atoms with van der Waals surface area (Å²) in [5, 5.41) is 13.0. The molecule has 162 valence electrons. The van der Waals surface area contributed by atoms with E-state index in [9.17, 15) is 14.7 Å². The molecule has 3 heterocycles. The number of pyridine rings is 1. The zero-order valence-corrected chi connectivity index (χ0v) is 17.8. The van der Waals surface area contributed by atoms with E-state index in [1.165, 1.54) is 12.3 Å². The number of rotatable bonds is 1. The normalized spacial score (nSPS) is 18.8. The Bertz CT molecular complexity index is 1270. The van der Waals surface area contributed by atoms with Gasteiger partial charge in [-0.05, 0) is 29.8 Å². The minimum Gasteiger partial charge on any atom is -0.502 e. The highest BCUT2D eigenvalue weighted by atomic mass is 35.5. The highest BCUT2D eigenvalue weighted by Crippen LogP contribution is 2.38. The summed E-state index contributed by atoms with van der Waals surface area (Å²) >= 11 is 6.39. The molecule has 5 rings (SSSR count). The molecule has 0 saturated carbocycles. The number of benzene rings is 2. The first-order chi connectivity index (χ1) is 15.5. The van der Waals surface area contributed by atoms with Crippen LogP contribution in [0.1, 0.15) is 27.7 Å². The van der Waals surface area contributed by atoms with E-state index < -0.39 is 23.1 Å². The molecule has 2 aromatic carbocycles. The van der Waals surface area contributed by atoms with Gasteiger partial charge in [-0.1, -0.05) is 48.0 Å². The zero-order chi connectivity index (χ0) is 22.2. The molecule has 0 radical (unpaired) electrons. The van der Waals surface area contributed by atoms with Gasteiger partial charge in [-0.2, -0.15) is 0 Å². The van der Waals surface area contributed by atoms with Crippen LogP contribution in [0.2, 0.25) is 5.02 Å². The molecule has 8 heteroatoms. The van der Waals surface area contributed by atoms with Gasteiger partial charge in [0.05, 0.1) is 0 Å². The molecule has 2 aliphatic rings. The summed E-state index contributed by atoms with van der Waals surface area (Å²) in [5.41, 5.74) is 1.07. The van der Waals surface area contributed by atoms with Crippen molar-refractivity contribution in [3.8, 4) is 11.5 Å². The Morgan fingerprint density at radius 3 is 2.66 bits per heavy atom. The van der Waals surface area contributed by atoms with Gasteiger partial charge < -0.3 is 14.7 Å². The maximum atomic E-state index is 13.2. The highest BCUT2D eigenvalue weighted by molar-refractivity contribution is 6.30. The molecule has 1 aromatic heterocycles. The van der Waals surface area contributed by atoms with Crippen molar-refractivity contribution >= 4 is 17.5 Å². The second-order valence-corrected chi connectivity index (χ2v) is 8.04. The number of carbonyl (C=O) groups excluding carboxylic acids is 1. The summed E-state index contributed by atoms with van der Waals surface area (Å²) in [4.78, 5) is 26.9. The highest BCUT2D eigenvalue weighted by Gasteiger charge is 2.37. The number of fused-ring (bicyclic) bond motifs is 5. The lowest BCUT2D eigenvalue weighted by molar-refractivity contribution is 0.0701. The zero-order valence-electron chi connectivity index (χ0n) is 17.0. The van der Waals surface area contributed by atoms with Gasteiger partial charge in [0.1, 0.15) is 25.1 Å². The number of ether oxygens (including phenoxy) is 1. The minimum absolute atomic E-state index is 0.0678. The van der Waals surface area contributed by atoms with Crippen molar-refractivity contribution in [2.75, 3.05) is 24.8 Å². The Kier molecular flexibility index (Phi) is 5.11. The number of carbonyl (C=O) groups is 1. The molecule has 0 saturated heterocycles. The van der Waals surface area contributed by atoms with E-state index >= 15 is 0 Å². The summed E-state index contributed by atoms with van der Waals surface area (Å²) in [5.74, 6) is -0.329. The Balaban J connectivity index is 1.81. The predicted octanol–water partition coefficient (Wildman–Crippen LogP) is 3.30. The molecule has 1 N–H and O–H groups in total. The SMILES string of the molecule is O=C1c2c(O)c(=O)ccn2N2CN1C/C=C\COc1ccc(Cl)cc1C2c1ccccc1. The topological polar surface area (TPSA) is 75.0 Å². The number of aromatic nitrogens is 1. The fraction of sp³-hybridized carbons (Fsp3) is 0.167. The van der Waals surface area contributed by atoms with Gasteiger partial charge >= 0.3 is 0 Å². The number of hydrogen-bond acceptors (Lipinski definition) is 5. The van der Waals surface area contributed by atoms with Gasteiger partial charge in [0.15, 0.2) is 11.4 Å². The lowest BCUT2D eigenvalue weighted by Gasteiger charge is -2.43. The van der Waals surface area contributed by atoms with Crippen molar-refractivity contribution in [1.82, 2.24) is 9.58 Å². The summed E-state index contributed by atoms with van der Waals surface area (Å²) < 4.78 is 7.60. The van der Waals surface area contributed by atoms with Crippen LogP contribution in [0.4, 0.5) is 0 Å². The van der Waals surface area contributed by atoms with Crippen LogP contribution in [-0.2, 0) is 0 Å². The van der Waals surface area contributed by atoms with E-state index in [2.05, 4.69) is 0 Å². The molecule has 2 bridgehead atoms. The van der Waals surface area contributed by atoms with Crippen molar-refractivity contribution in [3.63, 3.8) is 0 Å². The number of amides is 1. The monoisotopic (exact) mass is 449 g/mol. The van der Waals surface area contributed by atoms with E-state index in [4.69, 9.17) is 16.3 Å². The fourth-order valence-electron chi connectivity index (χ4n) is 4.15. The van der Waals surface area contributed by atoms with Crippen molar-refractivity contribution in [3.05, 3.63) is 105 Å². The van der Waals surface area contributed by atoms with Crippen molar-refractivity contribution in [1.29, 1.82) is 0 Å². The summed E-state index contributed by atoms with van der Waals surface area (Å²) in [6.07, 6.45) is 5.19. The predicted molar refractivity (Wildman–Crippen MR) is 121 cm³/mol. The number of nitrogens with zero attached hydrogens (tertiary/aromatic N) is 3. The molecule has 0 aliphatic carbocycles. The van der Waals surface area contributed by atoms with Gasteiger partial charge in [-0.3, -0.25) is 19.3 Å². The quantitative estimate of drug-likeness (QED) is 0.577. The molecule has 32 heavy (non-hydrogen) atoms. The Hall–Kier alpha value is -3.71. The number of aromatic hydroxyl groups is 1. The first-order valence-electron chi connectivity index (χ1n) is 10.2. The second-order valence-electron chi connectivity index (χ2n) is 7.61. The van der Waals surface area contributed by atoms with Crippen LogP contribution < -0.4 is 15.2 Å². The molecule has 0 spiro atoms. The van der Waals surface area contributed by atoms with Crippen LogP contribution in [-0.4, -0.2) is 40.4 Å². The van der Waals surface area contributed by atoms with Gasteiger partial charge in [0.25, 0.3) is 5.91 Å². The summed E-state index contributed by atoms with van der Waals surface area (Å²) in [6, 6.07) is 16.0. The third-order valence-corrected chi connectivity index (χ3v) is 5.88. The van der Waals surface area contributed by atoms with E-state index in [-0.39, 0.29) is 12.4 Å². The van der Waals surface area contributed by atoms with Crippen LogP contribution in [0.5, 0.6) is 11.5 Å². The van der Waals surface area contributed by atoms with Crippen LogP contribution in [0, 0.1) is 0 Å². The van der Waals surface area contributed by atoms with Gasteiger partial charge in [-0.15, -0.1) is 0 Å². The average Bonchev–Trinajstić information content (AvgIpc) is 2.82. The van der Waals surface area contributed by atoms with Crippen LogP contribution in [0.3, 0.4) is 0 Å². The van der Waals surface area contributed by atoms with Gasteiger partial charge in [0, 0.05) is 29.4 Å². The van der Waals surface area contributed by atoms with Crippen molar-refractivity contribution in [2.24, 2.45) is 0 Å². The third kappa shape index (κ3) is 3.40. The molecule has 2 aliphatic heterocycles. The number of halogens is 1. The maximum Gasteiger partial charge on any atom is 0.278 e. The number of hydrogen-bond donors (Lipinski definition) is 1. The van der Waals surface area contributed by atoms with Crippen molar-refractivity contribution in [2.45, 2.75) is 6.04 Å². The fourth-order valence-corrected chi connectivity index (χ4v) is 4.33. The van der Waals surface area contributed by atoms with E-state index in [1.54, 1.807) is 15.6 Å².